The molecule has 0 saturated carbocycles. The number of carbonyl (C=O) groups is 1. The summed E-state index contributed by atoms with van der Waals surface area (Å²) in [5, 5.41) is 0.775. The lowest BCUT2D eigenvalue weighted by Crippen LogP contribution is -2.50. The molecule has 110 valence electrons. The lowest BCUT2D eigenvalue weighted by Gasteiger charge is -2.33. The van der Waals surface area contributed by atoms with Gasteiger partial charge in [-0.3, -0.25) is 4.79 Å². The van der Waals surface area contributed by atoms with Crippen molar-refractivity contribution in [2.45, 2.75) is 0 Å². The molecule has 0 spiro atoms. The third-order valence-electron chi connectivity index (χ3n) is 3.15. The van der Waals surface area contributed by atoms with E-state index in [4.69, 9.17) is 23.2 Å². The molecule has 5 nitrogen and oxygen atoms in total. The zero-order chi connectivity index (χ0) is 14.9. The van der Waals surface area contributed by atoms with E-state index in [1.54, 1.807) is 17.0 Å². The molecule has 1 heterocycles. The first-order valence-corrected chi connectivity index (χ1v) is 8.59. The predicted molar refractivity (Wildman–Crippen MR) is 78.8 cm³/mol. The van der Waals surface area contributed by atoms with Crippen LogP contribution in [0.2, 0.25) is 10.0 Å². The van der Waals surface area contributed by atoms with Gasteiger partial charge < -0.3 is 4.90 Å². The van der Waals surface area contributed by atoms with Crippen LogP contribution in [0, 0.1) is 0 Å². The maximum atomic E-state index is 12.3. The van der Waals surface area contributed by atoms with Gasteiger partial charge in [-0.25, -0.2) is 8.42 Å². The first kappa shape index (κ1) is 15.6. The summed E-state index contributed by atoms with van der Waals surface area (Å²) in [5.41, 5.74) is 0.340. The number of piperazine rings is 1. The zero-order valence-electron chi connectivity index (χ0n) is 10.8. The lowest BCUT2D eigenvalue weighted by molar-refractivity contribution is 0.0698. The molecule has 2 rings (SSSR count). The highest BCUT2D eigenvalue weighted by Crippen LogP contribution is 2.22. The Morgan fingerprint density at radius 1 is 1.15 bits per heavy atom. The monoisotopic (exact) mass is 336 g/mol. The molecule has 0 bridgehead atoms. The minimum absolute atomic E-state index is 0.231. The van der Waals surface area contributed by atoms with E-state index in [1.165, 1.54) is 10.4 Å². The fourth-order valence-corrected chi connectivity index (χ4v) is 3.25. The number of hydrogen-bond donors (Lipinski definition) is 0. The number of halogens is 2. The van der Waals surface area contributed by atoms with Crippen LogP contribution in [0.5, 0.6) is 0 Å². The molecule has 1 aromatic rings. The molecule has 1 aromatic carbocycles. The minimum Gasteiger partial charge on any atom is -0.336 e. The third kappa shape index (κ3) is 3.44. The summed E-state index contributed by atoms with van der Waals surface area (Å²) in [7, 11) is -3.21. The lowest BCUT2D eigenvalue weighted by atomic mass is 10.2. The Hall–Kier alpha value is -0.820. The highest BCUT2D eigenvalue weighted by Gasteiger charge is 2.27. The van der Waals surface area contributed by atoms with Gasteiger partial charge in [0.2, 0.25) is 10.0 Å². The average molecular weight is 337 g/mol. The van der Waals surface area contributed by atoms with Gasteiger partial charge in [-0.05, 0) is 18.2 Å². The maximum Gasteiger partial charge on any atom is 0.255 e. The van der Waals surface area contributed by atoms with E-state index in [0.29, 0.717) is 41.8 Å². The van der Waals surface area contributed by atoms with Gasteiger partial charge in [0.05, 0.1) is 16.8 Å². The Morgan fingerprint density at radius 2 is 1.75 bits per heavy atom. The Balaban J connectivity index is 2.11. The van der Waals surface area contributed by atoms with Crippen LogP contribution in [-0.4, -0.2) is 56.0 Å². The van der Waals surface area contributed by atoms with Crippen LogP contribution in [0.3, 0.4) is 0 Å². The summed E-state index contributed by atoms with van der Waals surface area (Å²) in [6.07, 6.45) is 1.16. The maximum absolute atomic E-state index is 12.3. The molecule has 0 aromatic heterocycles. The van der Waals surface area contributed by atoms with Gasteiger partial charge in [-0.2, -0.15) is 4.31 Å². The van der Waals surface area contributed by atoms with Crippen molar-refractivity contribution < 1.29 is 13.2 Å². The molecule has 0 unspecified atom stereocenters. The van der Waals surface area contributed by atoms with E-state index in [1.807, 2.05) is 0 Å². The van der Waals surface area contributed by atoms with Gasteiger partial charge in [0, 0.05) is 31.2 Å². The van der Waals surface area contributed by atoms with Gasteiger partial charge in [0.15, 0.2) is 0 Å². The fourth-order valence-electron chi connectivity index (χ4n) is 2.05. The fraction of sp³-hybridized carbons (Fsp3) is 0.417. The minimum atomic E-state index is -3.21. The summed E-state index contributed by atoms with van der Waals surface area (Å²) in [4.78, 5) is 13.9. The summed E-state index contributed by atoms with van der Waals surface area (Å²) >= 11 is 11.9. The predicted octanol–water partition coefficient (Wildman–Crippen LogP) is 1.71. The largest absolute Gasteiger partial charge is 0.336 e. The summed E-state index contributed by atoms with van der Waals surface area (Å²) in [6, 6.07) is 4.71. The Kier molecular flexibility index (Phi) is 4.59. The van der Waals surface area contributed by atoms with E-state index in [2.05, 4.69) is 0 Å². The molecule has 1 amide bonds. The normalized spacial score (nSPS) is 17.2. The van der Waals surface area contributed by atoms with Crippen molar-refractivity contribution in [1.82, 2.24) is 9.21 Å². The molecule has 1 aliphatic heterocycles. The first-order chi connectivity index (χ1) is 9.29. The van der Waals surface area contributed by atoms with Crippen LogP contribution >= 0.6 is 23.2 Å². The smallest absolute Gasteiger partial charge is 0.255 e. The summed E-state index contributed by atoms with van der Waals surface area (Å²) in [5.74, 6) is -0.231. The standard InChI is InChI=1S/C12H14Cl2N2O3S/c1-20(18,19)16-6-4-15(5-7-16)12(17)10-8-9(13)2-3-11(10)14/h2-3,8H,4-7H2,1H3. The highest BCUT2D eigenvalue weighted by atomic mass is 35.5. The molecular weight excluding hydrogens is 323 g/mol. The van der Waals surface area contributed by atoms with Gasteiger partial charge in [-0.1, -0.05) is 23.2 Å². The Morgan fingerprint density at radius 3 is 2.30 bits per heavy atom. The van der Waals surface area contributed by atoms with Gasteiger partial charge >= 0.3 is 0 Å². The molecule has 1 aliphatic rings. The first-order valence-electron chi connectivity index (χ1n) is 5.98. The number of nitrogens with zero attached hydrogens (tertiary/aromatic N) is 2. The molecule has 0 atom stereocenters. The SMILES string of the molecule is CS(=O)(=O)N1CCN(C(=O)c2cc(Cl)ccc2Cl)CC1. The van der Waals surface area contributed by atoms with E-state index in [-0.39, 0.29) is 5.91 Å². The zero-order valence-corrected chi connectivity index (χ0v) is 13.2. The quantitative estimate of drug-likeness (QED) is 0.826. The second-order valence-corrected chi connectivity index (χ2v) is 7.40. The molecule has 8 heteroatoms. The van der Waals surface area contributed by atoms with Gasteiger partial charge in [0.25, 0.3) is 5.91 Å². The molecule has 0 N–H and O–H groups in total. The summed E-state index contributed by atoms with van der Waals surface area (Å²) < 4.78 is 24.2. The van der Waals surface area contributed by atoms with Crippen molar-refractivity contribution in [3.05, 3.63) is 33.8 Å². The van der Waals surface area contributed by atoms with Crippen LogP contribution in [0.4, 0.5) is 0 Å². The van der Waals surface area contributed by atoms with Crippen LogP contribution in [-0.2, 0) is 10.0 Å². The van der Waals surface area contributed by atoms with Crippen molar-refractivity contribution >= 4 is 39.1 Å². The van der Waals surface area contributed by atoms with Crippen LogP contribution in [0.15, 0.2) is 18.2 Å². The number of carbonyl (C=O) groups excluding carboxylic acids is 1. The molecule has 0 radical (unpaired) electrons. The van der Waals surface area contributed by atoms with Crippen molar-refractivity contribution in [3.63, 3.8) is 0 Å². The van der Waals surface area contributed by atoms with Gasteiger partial charge in [-0.15, -0.1) is 0 Å². The molecular formula is C12H14Cl2N2O3S. The van der Waals surface area contributed by atoms with Crippen LogP contribution in [0.1, 0.15) is 10.4 Å². The number of benzene rings is 1. The van der Waals surface area contributed by atoms with Crippen molar-refractivity contribution in [3.8, 4) is 0 Å². The van der Waals surface area contributed by atoms with Gasteiger partial charge in [0.1, 0.15) is 0 Å². The molecule has 1 fully saturated rings. The highest BCUT2D eigenvalue weighted by molar-refractivity contribution is 7.88. The van der Waals surface area contributed by atoms with Crippen molar-refractivity contribution in [1.29, 1.82) is 0 Å². The van der Waals surface area contributed by atoms with E-state index in [9.17, 15) is 13.2 Å². The number of rotatable bonds is 2. The van der Waals surface area contributed by atoms with E-state index < -0.39 is 10.0 Å². The average Bonchev–Trinajstić information content (AvgIpc) is 2.40. The molecule has 1 saturated heterocycles. The second-order valence-electron chi connectivity index (χ2n) is 4.58. The van der Waals surface area contributed by atoms with Crippen molar-refractivity contribution in [2.24, 2.45) is 0 Å². The number of amides is 1. The third-order valence-corrected chi connectivity index (χ3v) is 5.02. The Labute approximate surface area is 128 Å². The van der Waals surface area contributed by atoms with Crippen LogP contribution in [0.25, 0.3) is 0 Å². The molecule has 20 heavy (non-hydrogen) atoms. The number of hydrogen-bond acceptors (Lipinski definition) is 3. The summed E-state index contributed by atoms with van der Waals surface area (Å²) in [6.45, 7) is 1.27. The van der Waals surface area contributed by atoms with E-state index in [0.717, 1.165) is 6.26 Å². The Bertz CT molecular complexity index is 626. The number of sulfonamides is 1. The van der Waals surface area contributed by atoms with Crippen LogP contribution < -0.4 is 0 Å². The second kappa shape index (κ2) is 5.89. The molecule has 0 aliphatic carbocycles. The van der Waals surface area contributed by atoms with E-state index >= 15 is 0 Å². The van der Waals surface area contributed by atoms with Crippen molar-refractivity contribution in [2.75, 3.05) is 32.4 Å². The topological polar surface area (TPSA) is 57.7 Å².